The molecule has 0 aromatic rings. The summed E-state index contributed by atoms with van der Waals surface area (Å²) in [7, 11) is 0. The molecule has 0 radical (unpaired) electrons. The quantitative estimate of drug-likeness (QED) is 0.630. The minimum Gasteiger partial charge on any atom is -0.378 e. The largest absolute Gasteiger partial charge is 0.378 e. The minimum absolute atomic E-state index is 0.0262. The van der Waals surface area contributed by atoms with Crippen LogP contribution < -0.4 is 5.32 Å². The van der Waals surface area contributed by atoms with Gasteiger partial charge in [-0.2, -0.15) is 0 Å². The van der Waals surface area contributed by atoms with Gasteiger partial charge >= 0.3 is 0 Å². The average Bonchev–Trinajstić information content (AvgIpc) is 2.46. The summed E-state index contributed by atoms with van der Waals surface area (Å²) in [5.41, 5.74) is 0. The zero-order valence-electron chi connectivity index (χ0n) is 12.9. The molecule has 0 saturated carbocycles. The molecular formula is C14H28N2O4. The van der Waals surface area contributed by atoms with E-state index in [0.29, 0.717) is 39.5 Å². The molecule has 0 bridgehead atoms. The molecule has 1 saturated heterocycles. The lowest BCUT2D eigenvalue weighted by Crippen LogP contribution is -2.56. The zero-order valence-corrected chi connectivity index (χ0v) is 12.9. The van der Waals surface area contributed by atoms with Crippen molar-refractivity contribution in [3.8, 4) is 0 Å². The van der Waals surface area contributed by atoms with Crippen LogP contribution in [-0.2, 0) is 19.0 Å². The monoisotopic (exact) mass is 288 g/mol. The molecule has 1 amide bonds. The predicted molar refractivity (Wildman–Crippen MR) is 76.5 cm³/mol. The first-order valence-corrected chi connectivity index (χ1v) is 7.55. The highest BCUT2D eigenvalue weighted by molar-refractivity contribution is 5.82. The molecule has 1 fully saturated rings. The Morgan fingerprint density at radius 2 is 2.05 bits per heavy atom. The second kappa shape index (κ2) is 10.1. The van der Waals surface area contributed by atoms with Gasteiger partial charge in [-0.1, -0.05) is 6.92 Å². The highest BCUT2D eigenvalue weighted by Gasteiger charge is 2.31. The van der Waals surface area contributed by atoms with Crippen LogP contribution in [0.5, 0.6) is 0 Å². The molecule has 6 nitrogen and oxygen atoms in total. The summed E-state index contributed by atoms with van der Waals surface area (Å²) in [4.78, 5) is 14.2. The number of carbonyl (C=O) groups is 1. The molecule has 6 heteroatoms. The maximum absolute atomic E-state index is 12.2. The molecule has 0 spiro atoms. The molecule has 1 aliphatic rings. The van der Waals surface area contributed by atoms with E-state index in [9.17, 15) is 4.79 Å². The second-order valence-corrected chi connectivity index (χ2v) is 4.72. The van der Waals surface area contributed by atoms with E-state index >= 15 is 0 Å². The van der Waals surface area contributed by atoms with E-state index in [2.05, 4.69) is 10.2 Å². The van der Waals surface area contributed by atoms with Gasteiger partial charge in [0.25, 0.3) is 0 Å². The lowest BCUT2D eigenvalue weighted by Gasteiger charge is -2.36. The Hall–Kier alpha value is -0.690. The van der Waals surface area contributed by atoms with E-state index in [0.717, 1.165) is 13.0 Å². The van der Waals surface area contributed by atoms with Crippen LogP contribution in [0.1, 0.15) is 27.2 Å². The highest BCUT2D eigenvalue weighted by atomic mass is 16.7. The van der Waals surface area contributed by atoms with Gasteiger partial charge in [-0.25, -0.2) is 0 Å². The van der Waals surface area contributed by atoms with Crippen LogP contribution in [0.15, 0.2) is 0 Å². The molecule has 0 aromatic carbocycles. The van der Waals surface area contributed by atoms with Crippen molar-refractivity contribution in [3.05, 3.63) is 0 Å². The summed E-state index contributed by atoms with van der Waals surface area (Å²) in [6, 6.07) is -0.251. The van der Waals surface area contributed by atoms with Crippen LogP contribution in [0, 0.1) is 0 Å². The van der Waals surface area contributed by atoms with Crippen LogP contribution in [-0.4, -0.2) is 69.2 Å². The fraction of sp³-hybridized carbons (Fsp3) is 0.929. The van der Waals surface area contributed by atoms with E-state index in [1.165, 1.54) is 0 Å². The van der Waals surface area contributed by atoms with Crippen LogP contribution >= 0.6 is 0 Å². The van der Waals surface area contributed by atoms with Gasteiger partial charge in [-0.15, -0.1) is 0 Å². The number of nitrogens with one attached hydrogen (secondary N) is 1. The first kappa shape index (κ1) is 17.4. The molecule has 1 atom stereocenters. The Morgan fingerprint density at radius 1 is 1.35 bits per heavy atom. The summed E-state index contributed by atoms with van der Waals surface area (Å²) < 4.78 is 16.5. The molecule has 20 heavy (non-hydrogen) atoms. The number of hydrogen-bond acceptors (Lipinski definition) is 5. The van der Waals surface area contributed by atoms with Crippen molar-refractivity contribution < 1.29 is 19.0 Å². The van der Waals surface area contributed by atoms with Gasteiger partial charge in [0.1, 0.15) is 6.04 Å². The van der Waals surface area contributed by atoms with Gasteiger partial charge in [-0.05, 0) is 20.3 Å². The summed E-state index contributed by atoms with van der Waals surface area (Å²) in [5.74, 6) is 0.0262. The first-order valence-electron chi connectivity index (χ1n) is 7.55. The Morgan fingerprint density at radius 3 is 2.65 bits per heavy atom. The molecule has 118 valence electrons. The van der Waals surface area contributed by atoms with Crippen molar-refractivity contribution in [1.82, 2.24) is 10.2 Å². The van der Waals surface area contributed by atoms with Gasteiger partial charge in [0.2, 0.25) is 5.91 Å². The molecule has 0 aliphatic carbocycles. The van der Waals surface area contributed by atoms with Crippen LogP contribution in [0.2, 0.25) is 0 Å². The molecule has 0 aromatic heterocycles. The predicted octanol–water partition coefficient (Wildman–Crippen LogP) is 0.613. The normalized spacial score (nSPS) is 20.3. The van der Waals surface area contributed by atoms with Crippen molar-refractivity contribution in [1.29, 1.82) is 0 Å². The molecular weight excluding hydrogens is 260 g/mol. The number of ether oxygens (including phenoxy) is 3. The lowest BCUT2D eigenvalue weighted by molar-refractivity contribution is -0.163. The average molecular weight is 288 g/mol. The molecule has 1 aliphatic heterocycles. The van der Waals surface area contributed by atoms with Gasteiger partial charge in [-0.3, -0.25) is 9.69 Å². The first-order chi connectivity index (χ1) is 9.72. The van der Waals surface area contributed by atoms with Crippen molar-refractivity contribution in [2.45, 2.75) is 39.5 Å². The number of hydrogen-bond donors (Lipinski definition) is 1. The molecule has 1 N–H and O–H groups in total. The number of amides is 1. The number of carbonyl (C=O) groups excluding carboxylic acids is 1. The van der Waals surface area contributed by atoms with Gasteiger partial charge in [0.05, 0.1) is 19.8 Å². The number of nitrogens with zero attached hydrogens (tertiary/aromatic N) is 1. The van der Waals surface area contributed by atoms with Gasteiger partial charge < -0.3 is 19.5 Å². The number of rotatable bonds is 9. The Bertz CT molecular complexity index is 270. The zero-order chi connectivity index (χ0) is 14.8. The Labute approximate surface area is 121 Å². The smallest absolute Gasteiger partial charge is 0.239 e. The van der Waals surface area contributed by atoms with E-state index in [-0.39, 0.29) is 18.2 Å². The van der Waals surface area contributed by atoms with Crippen molar-refractivity contribution in [3.63, 3.8) is 0 Å². The Balaban J connectivity index is 2.55. The minimum atomic E-state index is -0.287. The summed E-state index contributed by atoms with van der Waals surface area (Å²) in [5, 5.41) is 2.93. The fourth-order valence-corrected chi connectivity index (χ4v) is 2.18. The van der Waals surface area contributed by atoms with Crippen molar-refractivity contribution >= 4 is 5.91 Å². The van der Waals surface area contributed by atoms with Crippen LogP contribution in [0.25, 0.3) is 0 Å². The van der Waals surface area contributed by atoms with E-state index in [1.54, 1.807) is 0 Å². The third-order valence-electron chi connectivity index (χ3n) is 3.18. The SMILES string of the molecule is CCCNC(=O)C1COCCN1CC(OCC)OCC. The van der Waals surface area contributed by atoms with Crippen LogP contribution in [0.4, 0.5) is 0 Å². The van der Waals surface area contributed by atoms with Gasteiger partial charge in [0.15, 0.2) is 6.29 Å². The van der Waals surface area contributed by atoms with Crippen molar-refractivity contribution in [2.75, 3.05) is 46.1 Å². The summed E-state index contributed by atoms with van der Waals surface area (Å²) >= 11 is 0. The van der Waals surface area contributed by atoms with Crippen LogP contribution in [0.3, 0.4) is 0 Å². The molecule has 1 heterocycles. The number of morpholine rings is 1. The maximum atomic E-state index is 12.2. The second-order valence-electron chi connectivity index (χ2n) is 4.72. The van der Waals surface area contributed by atoms with Gasteiger partial charge in [0, 0.05) is 26.3 Å². The van der Waals surface area contributed by atoms with E-state index < -0.39 is 0 Å². The Kier molecular flexibility index (Phi) is 8.77. The third kappa shape index (κ3) is 5.75. The van der Waals surface area contributed by atoms with Crippen molar-refractivity contribution in [2.24, 2.45) is 0 Å². The summed E-state index contributed by atoms with van der Waals surface area (Å²) in [6.45, 7) is 10.2. The molecule has 1 unspecified atom stereocenters. The standard InChI is InChI=1S/C14H28N2O4/c1-4-7-15-14(17)12-11-18-9-8-16(12)10-13(19-5-2)20-6-3/h12-13H,4-11H2,1-3H3,(H,15,17). The third-order valence-corrected chi connectivity index (χ3v) is 3.18. The maximum Gasteiger partial charge on any atom is 0.239 e. The molecule has 1 rings (SSSR count). The fourth-order valence-electron chi connectivity index (χ4n) is 2.18. The van der Waals surface area contributed by atoms with E-state index in [1.807, 2.05) is 20.8 Å². The highest BCUT2D eigenvalue weighted by Crippen LogP contribution is 2.10. The lowest BCUT2D eigenvalue weighted by atomic mass is 10.2. The topological polar surface area (TPSA) is 60.0 Å². The summed E-state index contributed by atoms with van der Waals surface area (Å²) in [6.07, 6.45) is 0.643. The van der Waals surface area contributed by atoms with E-state index in [4.69, 9.17) is 14.2 Å².